The van der Waals surface area contributed by atoms with Gasteiger partial charge in [0.15, 0.2) is 0 Å². The van der Waals surface area contributed by atoms with Gasteiger partial charge in [-0.05, 0) is 68.1 Å². The van der Waals surface area contributed by atoms with E-state index in [1.165, 1.54) is 0 Å². The van der Waals surface area contributed by atoms with E-state index in [2.05, 4.69) is 27.8 Å². The molecule has 1 atom stereocenters. The van der Waals surface area contributed by atoms with Crippen LogP contribution in [-0.2, 0) is 4.79 Å². The number of hydrogen-bond donors (Lipinski definition) is 4. The van der Waals surface area contributed by atoms with Crippen LogP contribution in [0.15, 0.2) is 55.1 Å². The van der Waals surface area contributed by atoms with E-state index in [1.807, 2.05) is 32.0 Å². The molecule has 1 aliphatic heterocycles. The number of likely N-dealkylation sites (tertiary alicyclic amines) is 1. The Morgan fingerprint density at radius 2 is 1.70 bits per heavy atom. The normalized spacial score (nSPS) is 15.3. The largest absolute Gasteiger partial charge is 0.352 e. The maximum Gasteiger partial charge on any atom is 0.323 e. The molecule has 2 aromatic rings. The number of carbonyl (C=O) groups is 3. The van der Waals surface area contributed by atoms with Crippen molar-refractivity contribution in [2.75, 3.05) is 35.6 Å². The number of carbonyl (C=O) groups excluding carboxylic acids is 3. The van der Waals surface area contributed by atoms with Gasteiger partial charge in [0.05, 0.1) is 5.92 Å². The van der Waals surface area contributed by atoms with Crippen molar-refractivity contribution in [2.24, 2.45) is 5.92 Å². The minimum atomic E-state index is -0.369. The first kappa shape index (κ1) is 23.8. The predicted molar refractivity (Wildman–Crippen MR) is 132 cm³/mol. The molecular formula is C25H31N5O3. The molecule has 0 aromatic heterocycles. The van der Waals surface area contributed by atoms with Gasteiger partial charge in [-0.1, -0.05) is 18.2 Å². The van der Waals surface area contributed by atoms with Crippen LogP contribution >= 0.6 is 0 Å². The molecular weight excluding hydrogens is 418 g/mol. The molecule has 1 saturated heterocycles. The fourth-order valence-electron chi connectivity index (χ4n) is 3.68. The van der Waals surface area contributed by atoms with Gasteiger partial charge in [0.25, 0.3) is 0 Å². The van der Waals surface area contributed by atoms with Crippen molar-refractivity contribution < 1.29 is 14.4 Å². The number of urea groups is 2. The monoisotopic (exact) mass is 449 g/mol. The fourth-order valence-corrected chi connectivity index (χ4v) is 3.68. The lowest BCUT2D eigenvalue weighted by Crippen LogP contribution is -2.46. The Morgan fingerprint density at radius 1 is 1.00 bits per heavy atom. The van der Waals surface area contributed by atoms with Gasteiger partial charge >= 0.3 is 12.1 Å². The first-order valence-corrected chi connectivity index (χ1v) is 11.1. The van der Waals surface area contributed by atoms with Crippen LogP contribution in [-0.4, -0.2) is 42.5 Å². The molecule has 0 aliphatic carbocycles. The molecule has 3 rings (SSSR count). The smallest absolute Gasteiger partial charge is 0.323 e. The second-order valence-corrected chi connectivity index (χ2v) is 8.21. The first-order chi connectivity index (χ1) is 15.9. The van der Waals surface area contributed by atoms with E-state index in [4.69, 9.17) is 0 Å². The van der Waals surface area contributed by atoms with Gasteiger partial charge < -0.3 is 26.2 Å². The summed E-state index contributed by atoms with van der Waals surface area (Å²) in [5, 5.41) is 11.3. The lowest BCUT2D eigenvalue weighted by molar-refractivity contribution is -0.126. The number of benzene rings is 2. The van der Waals surface area contributed by atoms with Gasteiger partial charge in [-0.2, -0.15) is 0 Å². The Kier molecular flexibility index (Phi) is 8.07. The van der Waals surface area contributed by atoms with Crippen LogP contribution in [0.4, 0.5) is 26.7 Å². The van der Waals surface area contributed by atoms with E-state index in [0.29, 0.717) is 36.7 Å². The van der Waals surface area contributed by atoms with E-state index in [9.17, 15) is 14.4 Å². The number of nitrogens with zero attached hydrogens (tertiary/aromatic N) is 1. The maximum absolute atomic E-state index is 12.8. The van der Waals surface area contributed by atoms with Crippen molar-refractivity contribution in [3.05, 3.63) is 66.2 Å². The topological polar surface area (TPSA) is 103 Å². The van der Waals surface area contributed by atoms with Gasteiger partial charge in [-0.3, -0.25) is 4.79 Å². The number of piperidine rings is 1. The lowest BCUT2D eigenvalue weighted by atomic mass is 9.97. The van der Waals surface area contributed by atoms with Crippen molar-refractivity contribution in [1.29, 1.82) is 0 Å². The van der Waals surface area contributed by atoms with Gasteiger partial charge in [-0.15, -0.1) is 6.58 Å². The van der Waals surface area contributed by atoms with Crippen molar-refractivity contribution in [1.82, 2.24) is 10.2 Å². The molecule has 174 valence electrons. The standard InChI is InChI=1S/C25H31N5O3/c1-4-12-26-23(31)19-7-6-13-30(16-19)25(33)29-21-9-5-8-20(15-21)27-24(32)28-22-11-10-17(2)18(3)14-22/h4-5,8-11,14-15,19H,1,6-7,12-13,16H2,2-3H3,(H,26,31)(H,29,33)(H2,27,28,32). The summed E-state index contributed by atoms with van der Waals surface area (Å²) in [7, 11) is 0. The van der Waals surface area contributed by atoms with Crippen LogP contribution in [0.1, 0.15) is 24.0 Å². The predicted octanol–water partition coefficient (Wildman–Crippen LogP) is 4.49. The average molecular weight is 450 g/mol. The molecule has 5 amide bonds. The zero-order chi connectivity index (χ0) is 23.8. The SMILES string of the molecule is C=CCNC(=O)C1CCCN(C(=O)Nc2cccc(NC(=O)Nc3ccc(C)c(C)c3)c2)C1. The number of hydrogen-bond acceptors (Lipinski definition) is 3. The van der Waals surface area contributed by atoms with Crippen LogP contribution in [0.3, 0.4) is 0 Å². The molecule has 8 nitrogen and oxygen atoms in total. The van der Waals surface area contributed by atoms with Crippen LogP contribution < -0.4 is 21.3 Å². The number of amides is 5. The molecule has 0 radical (unpaired) electrons. The summed E-state index contributed by atoms with van der Waals surface area (Å²) in [5.41, 5.74) is 4.06. The molecule has 4 N–H and O–H groups in total. The highest BCUT2D eigenvalue weighted by Crippen LogP contribution is 2.20. The summed E-state index contributed by atoms with van der Waals surface area (Å²) in [6.07, 6.45) is 3.15. The average Bonchev–Trinajstić information content (AvgIpc) is 2.80. The van der Waals surface area contributed by atoms with Crippen LogP contribution in [0.5, 0.6) is 0 Å². The summed E-state index contributed by atoms with van der Waals surface area (Å²) in [6, 6.07) is 12.0. The van der Waals surface area contributed by atoms with E-state index in [1.54, 1.807) is 35.2 Å². The quantitative estimate of drug-likeness (QED) is 0.489. The molecule has 2 aromatic carbocycles. The summed E-state index contributed by atoms with van der Waals surface area (Å²) < 4.78 is 0. The Balaban J connectivity index is 1.56. The van der Waals surface area contributed by atoms with E-state index < -0.39 is 0 Å². The zero-order valence-electron chi connectivity index (χ0n) is 19.1. The van der Waals surface area contributed by atoms with Gasteiger partial charge in [0, 0.05) is 36.7 Å². The minimum Gasteiger partial charge on any atom is -0.352 e. The summed E-state index contributed by atoms with van der Waals surface area (Å²) in [4.78, 5) is 39.0. The molecule has 0 bridgehead atoms. The van der Waals surface area contributed by atoms with Gasteiger partial charge in [-0.25, -0.2) is 9.59 Å². The van der Waals surface area contributed by atoms with Crippen molar-refractivity contribution in [3.8, 4) is 0 Å². The van der Waals surface area contributed by atoms with Crippen LogP contribution in [0, 0.1) is 19.8 Å². The number of rotatable bonds is 6. The summed E-state index contributed by atoms with van der Waals surface area (Å²) in [5.74, 6) is -0.292. The Labute approximate surface area is 194 Å². The molecule has 0 saturated carbocycles. The highest BCUT2D eigenvalue weighted by molar-refractivity contribution is 6.00. The van der Waals surface area contributed by atoms with Crippen LogP contribution in [0.25, 0.3) is 0 Å². The molecule has 1 unspecified atom stereocenters. The summed E-state index contributed by atoms with van der Waals surface area (Å²) in [6.45, 7) is 8.98. The molecule has 8 heteroatoms. The van der Waals surface area contributed by atoms with E-state index >= 15 is 0 Å². The maximum atomic E-state index is 12.8. The Hall–Kier alpha value is -3.81. The Bertz CT molecular complexity index is 1040. The summed E-state index contributed by atoms with van der Waals surface area (Å²) >= 11 is 0. The van der Waals surface area contributed by atoms with E-state index in [-0.39, 0.29) is 23.9 Å². The van der Waals surface area contributed by atoms with Gasteiger partial charge in [0.1, 0.15) is 0 Å². The van der Waals surface area contributed by atoms with Crippen molar-refractivity contribution >= 4 is 35.0 Å². The first-order valence-electron chi connectivity index (χ1n) is 11.1. The second kappa shape index (κ2) is 11.2. The number of anilines is 3. The fraction of sp³-hybridized carbons (Fsp3) is 0.320. The highest BCUT2D eigenvalue weighted by Gasteiger charge is 2.28. The minimum absolute atomic E-state index is 0.0617. The zero-order valence-corrected chi connectivity index (χ0v) is 19.1. The molecule has 1 aliphatic rings. The molecule has 0 spiro atoms. The third-order valence-electron chi connectivity index (χ3n) is 5.64. The molecule has 1 fully saturated rings. The Morgan fingerprint density at radius 3 is 2.39 bits per heavy atom. The second-order valence-electron chi connectivity index (χ2n) is 8.21. The lowest BCUT2D eigenvalue weighted by Gasteiger charge is -2.32. The van der Waals surface area contributed by atoms with Crippen molar-refractivity contribution in [2.45, 2.75) is 26.7 Å². The molecule has 33 heavy (non-hydrogen) atoms. The van der Waals surface area contributed by atoms with Gasteiger partial charge in [0.2, 0.25) is 5.91 Å². The number of aryl methyl sites for hydroxylation is 2. The highest BCUT2D eigenvalue weighted by atomic mass is 16.2. The number of nitrogens with one attached hydrogen (secondary N) is 4. The van der Waals surface area contributed by atoms with Crippen molar-refractivity contribution in [3.63, 3.8) is 0 Å². The van der Waals surface area contributed by atoms with E-state index in [0.717, 1.165) is 24.0 Å². The molecule has 1 heterocycles. The third kappa shape index (κ3) is 6.83. The third-order valence-corrected chi connectivity index (χ3v) is 5.64. The van der Waals surface area contributed by atoms with Crippen LogP contribution in [0.2, 0.25) is 0 Å².